The van der Waals surface area contributed by atoms with E-state index in [9.17, 15) is 9.59 Å². The summed E-state index contributed by atoms with van der Waals surface area (Å²) in [5.41, 5.74) is 0.0390. The van der Waals surface area contributed by atoms with Gasteiger partial charge in [-0.15, -0.1) is 28.7 Å². The first-order valence-electron chi connectivity index (χ1n) is 5.42. The van der Waals surface area contributed by atoms with E-state index in [0.29, 0.717) is 11.1 Å². The molecule has 19 heavy (non-hydrogen) atoms. The minimum atomic E-state index is -1.06. The molecule has 2 aliphatic heterocycles. The maximum atomic E-state index is 12.3. The second-order valence-electron chi connectivity index (χ2n) is 4.37. The average Bonchev–Trinajstić information content (AvgIpc) is 2.34. The molecule has 2 atom stereocenters. The second-order valence-corrected chi connectivity index (χ2v) is 6.05. The van der Waals surface area contributed by atoms with E-state index in [4.69, 9.17) is 5.11 Å². The number of thioether (sulfide) groups is 1. The molecule has 8 heteroatoms. The summed E-state index contributed by atoms with van der Waals surface area (Å²) in [6.45, 7) is 3.67. The van der Waals surface area contributed by atoms with Crippen LogP contribution in [-0.2, 0) is 9.59 Å². The van der Waals surface area contributed by atoms with Crippen molar-refractivity contribution >= 4 is 62.3 Å². The van der Waals surface area contributed by atoms with E-state index in [-0.39, 0.29) is 34.0 Å². The molecule has 0 bridgehead atoms. The van der Waals surface area contributed by atoms with Crippen molar-refractivity contribution in [2.75, 3.05) is 11.1 Å². The zero-order valence-corrected chi connectivity index (χ0v) is 14.5. The molecular weight excluding hydrogens is 400 g/mol. The van der Waals surface area contributed by atoms with Gasteiger partial charge in [0.25, 0.3) is 5.91 Å². The van der Waals surface area contributed by atoms with Gasteiger partial charge in [0.05, 0.1) is 0 Å². The van der Waals surface area contributed by atoms with Gasteiger partial charge in [-0.05, 0) is 19.9 Å². The van der Waals surface area contributed by atoms with Crippen LogP contribution in [0.1, 0.15) is 13.8 Å². The van der Waals surface area contributed by atoms with E-state index in [1.807, 2.05) is 13.8 Å². The molecular formula is C11H14Br2N2O3S. The van der Waals surface area contributed by atoms with Crippen molar-refractivity contribution in [2.24, 2.45) is 4.99 Å². The van der Waals surface area contributed by atoms with Crippen molar-refractivity contribution in [3.63, 3.8) is 0 Å². The lowest BCUT2D eigenvalue weighted by Crippen LogP contribution is -2.73. The maximum Gasteiger partial charge on any atom is 0.352 e. The summed E-state index contributed by atoms with van der Waals surface area (Å²) in [6.07, 6.45) is 1.57. The number of nitrogens with zero attached hydrogens (tertiary/aromatic N) is 2. The molecule has 0 radical (unpaired) electrons. The van der Waals surface area contributed by atoms with E-state index in [1.165, 1.54) is 16.7 Å². The number of amides is 1. The summed E-state index contributed by atoms with van der Waals surface area (Å²) < 4.78 is 0. The summed E-state index contributed by atoms with van der Waals surface area (Å²) in [7, 11) is 0. The van der Waals surface area contributed by atoms with Crippen LogP contribution in [0.4, 0.5) is 0 Å². The van der Waals surface area contributed by atoms with Gasteiger partial charge >= 0.3 is 5.97 Å². The Labute approximate surface area is 134 Å². The number of aliphatic imine (C=N–C) groups is 1. The van der Waals surface area contributed by atoms with E-state index in [2.05, 4.69) is 20.9 Å². The molecule has 5 nitrogen and oxygen atoms in total. The molecule has 1 amide bonds. The van der Waals surface area contributed by atoms with Crippen LogP contribution in [0.2, 0.25) is 0 Å². The van der Waals surface area contributed by atoms with Gasteiger partial charge in [0, 0.05) is 16.8 Å². The highest BCUT2D eigenvalue weighted by Crippen LogP contribution is 2.47. The number of hydrogen-bond acceptors (Lipinski definition) is 4. The number of aliphatic carboxylic acids is 1. The molecule has 106 valence electrons. The lowest BCUT2D eigenvalue weighted by molar-refractivity contribution is -0.152. The number of carboxylic acid groups (broad SMARTS) is 1. The Kier molecular flexibility index (Phi) is 5.25. The molecule has 2 rings (SSSR count). The highest BCUT2D eigenvalue weighted by Gasteiger charge is 2.63. The quantitative estimate of drug-likeness (QED) is 0.436. The largest absolute Gasteiger partial charge is 0.477 e. The Balaban J connectivity index is 0.00000180. The maximum absolute atomic E-state index is 12.3. The molecule has 0 aromatic heterocycles. The van der Waals surface area contributed by atoms with Crippen LogP contribution in [0.25, 0.3) is 0 Å². The van der Waals surface area contributed by atoms with Gasteiger partial charge in [0.2, 0.25) is 0 Å². The molecule has 0 aromatic rings. The molecule has 0 spiro atoms. The molecule has 0 saturated carbocycles. The fourth-order valence-electron chi connectivity index (χ4n) is 2.18. The number of carbonyl (C=O) groups is 2. The SMILES string of the molecule is Br.CC(C)=N[C@]1(CBr)C(=O)N2C(C(=O)O)=CCS[C@H]21. The summed E-state index contributed by atoms with van der Waals surface area (Å²) in [5, 5.41) is 9.27. The Morgan fingerprint density at radius 1 is 1.68 bits per heavy atom. The Hall–Kier alpha value is -0.340. The van der Waals surface area contributed by atoms with E-state index in [1.54, 1.807) is 6.08 Å². The van der Waals surface area contributed by atoms with Crippen molar-refractivity contribution in [3.05, 3.63) is 11.8 Å². The molecule has 0 unspecified atom stereocenters. The van der Waals surface area contributed by atoms with Gasteiger partial charge in [-0.1, -0.05) is 15.9 Å². The second kappa shape index (κ2) is 5.97. The van der Waals surface area contributed by atoms with Gasteiger partial charge < -0.3 is 5.11 Å². The van der Waals surface area contributed by atoms with Gasteiger partial charge in [-0.2, -0.15) is 0 Å². The summed E-state index contributed by atoms with van der Waals surface area (Å²) in [5.74, 6) is -0.719. The predicted molar refractivity (Wildman–Crippen MR) is 84.4 cm³/mol. The molecule has 1 fully saturated rings. The first-order chi connectivity index (χ1) is 8.44. The highest BCUT2D eigenvalue weighted by molar-refractivity contribution is 9.09. The first kappa shape index (κ1) is 16.7. The van der Waals surface area contributed by atoms with Crippen LogP contribution in [0, 0.1) is 0 Å². The third-order valence-electron chi connectivity index (χ3n) is 2.87. The van der Waals surface area contributed by atoms with Crippen molar-refractivity contribution < 1.29 is 14.7 Å². The fourth-order valence-corrected chi connectivity index (χ4v) is 4.37. The normalized spacial score (nSPS) is 28.6. The van der Waals surface area contributed by atoms with Gasteiger partial charge in [-0.3, -0.25) is 14.7 Å². The molecule has 2 aliphatic rings. The smallest absolute Gasteiger partial charge is 0.352 e. The third-order valence-corrected chi connectivity index (χ3v) is 5.00. The van der Waals surface area contributed by atoms with Crippen LogP contribution in [0.5, 0.6) is 0 Å². The zero-order chi connectivity index (χ0) is 13.5. The number of carboxylic acids is 1. The van der Waals surface area contributed by atoms with Crippen LogP contribution in [0.15, 0.2) is 16.8 Å². The monoisotopic (exact) mass is 412 g/mol. The Morgan fingerprint density at radius 3 is 2.79 bits per heavy atom. The molecule has 0 aromatic carbocycles. The number of β-lactam (4-membered cyclic amide) rings is 1. The standard InChI is InChI=1S/C11H13BrN2O3S.BrH/c1-6(2)13-11(5-12)9(17)14-7(8(15)16)3-4-18-10(11)14;/h3,10H,4-5H2,1-2H3,(H,15,16);1H/t10-,11+;/m0./s1. The fraction of sp³-hybridized carbons (Fsp3) is 0.545. The predicted octanol–water partition coefficient (Wildman–Crippen LogP) is 2.06. The van der Waals surface area contributed by atoms with Gasteiger partial charge in [0.1, 0.15) is 11.1 Å². The summed E-state index contributed by atoms with van der Waals surface area (Å²) >= 11 is 4.88. The van der Waals surface area contributed by atoms with Gasteiger partial charge in [0.15, 0.2) is 5.54 Å². The number of alkyl halides is 1. The van der Waals surface area contributed by atoms with Crippen molar-refractivity contribution in [2.45, 2.75) is 24.8 Å². The number of fused-ring (bicyclic) bond motifs is 1. The molecule has 1 saturated heterocycles. The number of carbonyl (C=O) groups excluding carboxylic acids is 1. The van der Waals surface area contributed by atoms with E-state index >= 15 is 0 Å². The highest BCUT2D eigenvalue weighted by atomic mass is 79.9. The number of rotatable bonds is 3. The van der Waals surface area contributed by atoms with Crippen LogP contribution >= 0.6 is 44.7 Å². The van der Waals surface area contributed by atoms with Crippen LogP contribution < -0.4 is 0 Å². The average molecular weight is 414 g/mol. The summed E-state index contributed by atoms with van der Waals surface area (Å²) in [4.78, 5) is 29.1. The molecule has 0 aliphatic carbocycles. The van der Waals surface area contributed by atoms with Crippen molar-refractivity contribution in [1.29, 1.82) is 0 Å². The van der Waals surface area contributed by atoms with Gasteiger partial charge in [-0.25, -0.2) is 4.79 Å². The van der Waals surface area contributed by atoms with E-state index in [0.717, 1.165) is 5.71 Å². The zero-order valence-electron chi connectivity index (χ0n) is 10.4. The minimum absolute atomic E-state index is 0. The third kappa shape index (κ3) is 2.50. The Morgan fingerprint density at radius 2 is 2.32 bits per heavy atom. The van der Waals surface area contributed by atoms with Crippen molar-refractivity contribution in [1.82, 2.24) is 4.90 Å². The van der Waals surface area contributed by atoms with Crippen molar-refractivity contribution in [3.8, 4) is 0 Å². The molecule has 1 N–H and O–H groups in total. The number of halogens is 2. The van der Waals surface area contributed by atoms with Crippen LogP contribution in [0.3, 0.4) is 0 Å². The lowest BCUT2D eigenvalue weighted by Gasteiger charge is -2.54. The number of hydrogen-bond donors (Lipinski definition) is 1. The van der Waals surface area contributed by atoms with E-state index < -0.39 is 11.5 Å². The lowest BCUT2D eigenvalue weighted by atomic mass is 9.89. The summed E-state index contributed by atoms with van der Waals surface area (Å²) in [6, 6.07) is 0. The topological polar surface area (TPSA) is 70.0 Å². The molecule has 2 heterocycles. The first-order valence-corrected chi connectivity index (χ1v) is 7.59. The minimum Gasteiger partial charge on any atom is -0.477 e. The Bertz CT molecular complexity index is 477. The van der Waals surface area contributed by atoms with Crippen LogP contribution in [-0.4, -0.2) is 49.6 Å².